The van der Waals surface area contributed by atoms with Crippen molar-refractivity contribution in [2.45, 2.75) is 20.1 Å². The summed E-state index contributed by atoms with van der Waals surface area (Å²) in [6.45, 7) is 2.81. The van der Waals surface area contributed by atoms with Crippen molar-refractivity contribution in [3.8, 4) is 11.5 Å². The Labute approximate surface area is 159 Å². The number of benzene rings is 3. The van der Waals surface area contributed by atoms with Crippen LogP contribution in [0, 0.1) is 6.92 Å². The van der Waals surface area contributed by atoms with Gasteiger partial charge in [0.15, 0.2) is 0 Å². The van der Waals surface area contributed by atoms with Crippen LogP contribution >= 0.6 is 0 Å². The van der Waals surface area contributed by atoms with E-state index in [4.69, 9.17) is 9.47 Å². The van der Waals surface area contributed by atoms with Gasteiger partial charge in [-0.2, -0.15) is 0 Å². The SMILES string of the molecule is COc1ccc(C(=O)NCc2ccccc2)cc1COc1ccccc1C. The Morgan fingerprint density at radius 1 is 0.926 bits per heavy atom. The van der Waals surface area contributed by atoms with Gasteiger partial charge in [0.05, 0.1) is 7.11 Å². The van der Waals surface area contributed by atoms with Gasteiger partial charge in [0.2, 0.25) is 0 Å². The summed E-state index contributed by atoms with van der Waals surface area (Å²) in [5.41, 5.74) is 3.53. The number of aryl methyl sites for hydroxylation is 1. The zero-order valence-electron chi connectivity index (χ0n) is 15.6. The van der Waals surface area contributed by atoms with Crippen LogP contribution in [0.4, 0.5) is 0 Å². The monoisotopic (exact) mass is 361 g/mol. The predicted molar refractivity (Wildman–Crippen MR) is 106 cm³/mol. The summed E-state index contributed by atoms with van der Waals surface area (Å²) in [4.78, 5) is 12.5. The number of rotatable bonds is 7. The normalized spacial score (nSPS) is 10.3. The second-order valence-corrected chi connectivity index (χ2v) is 6.25. The quantitative estimate of drug-likeness (QED) is 0.673. The summed E-state index contributed by atoms with van der Waals surface area (Å²) in [6, 6.07) is 23.0. The van der Waals surface area contributed by atoms with Gasteiger partial charge < -0.3 is 14.8 Å². The molecule has 0 unspecified atom stereocenters. The molecular formula is C23H23NO3. The van der Waals surface area contributed by atoms with Crippen molar-refractivity contribution in [2.24, 2.45) is 0 Å². The van der Waals surface area contributed by atoms with Crippen LogP contribution in [0.2, 0.25) is 0 Å². The lowest BCUT2D eigenvalue weighted by Gasteiger charge is -2.13. The maximum absolute atomic E-state index is 12.5. The largest absolute Gasteiger partial charge is 0.496 e. The van der Waals surface area contributed by atoms with E-state index in [1.165, 1.54) is 0 Å². The highest BCUT2D eigenvalue weighted by molar-refractivity contribution is 5.94. The van der Waals surface area contributed by atoms with Gasteiger partial charge in [-0.25, -0.2) is 0 Å². The lowest BCUT2D eigenvalue weighted by atomic mass is 10.1. The summed E-state index contributed by atoms with van der Waals surface area (Å²) in [6.07, 6.45) is 0. The fraction of sp³-hybridized carbons (Fsp3) is 0.174. The Morgan fingerprint density at radius 3 is 2.41 bits per heavy atom. The highest BCUT2D eigenvalue weighted by Gasteiger charge is 2.11. The minimum absolute atomic E-state index is 0.126. The lowest BCUT2D eigenvalue weighted by Crippen LogP contribution is -2.23. The molecular weight excluding hydrogens is 338 g/mol. The number of ether oxygens (including phenoxy) is 2. The zero-order valence-corrected chi connectivity index (χ0v) is 15.6. The standard InChI is InChI=1S/C23H23NO3/c1-17-8-6-7-11-21(17)27-16-20-14-19(12-13-22(20)26-2)23(25)24-15-18-9-4-3-5-10-18/h3-14H,15-16H2,1-2H3,(H,24,25). The van der Waals surface area contributed by atoms with Crippen LogP contribution in [0.25, 0.3) is 0 Å². The van der Waals surface area contributed by atoms with Gasteiger partial charge in [0.1, 0.15) is 18.1 Å². The zero-order chi connectivity index (χ0) is 19.1. The summed E-state index contributed by atoms with van der Waals surface area (Å²) in [7, 11) is 1.61. The Bertz CT molecular complexity index is 907. The number of nitrogens with one attached hydrogen (secondary N) is 1. The molecule has 3 aromatic rings. The van der Waals surface area contributed by atoms with E-state index in [1.807, 2.05) is 67.6 Å². The number of methoxy groups -OCH3 is 1. The van der Waals surface area contributed by atoms with Gasteiger partial charge in [-0.05, 0) is 42.3 Å². The molecule has 0 spiro atoms. The molecule has 4 nitrogen and oxygen atoms in total. The van der Waals surface area contributed by atoms with E-state index in [9.17, 15) is 4.79 Å². The number of carbonyl (C=O) groups excluding carboxylic acids is 1. The van der Waals surface area contributed by atoms with Gasteiger partial charge in [-0.15, -0.1) is 0 Å². The van der Waals surface area contributed by atoms with Crippen molar-refractivity contribution in [3.05, 3.63) is 95.1 Å². The molecule has 1 N–H and O–H groups in total. The molecule has 0 heterocycles. The van der Waals surface area contributed by atoms with Gasteiger partial charge in [0.25, 0.3) is 5.91 Å². The average molecular weight is 361 g/mol. The maximum atomic E-state index is 12.5. The molecule has 0 saturated heterocycles. The number of hydrogen-bond acceptors (Lipinski definition) is 3. The third kappa shape index (κ3) is 4.88. The molecule has 0 radical (unpaired) electrons. The fourth-order valence-electron chi connectivity index (χ4n) is 2.79. The molecule has 1 amide bonds. The summed E-state index contributed by atoms with van der Waals surface area (Å²) < 4.78 is 11.3. The second kappa shape index (κ2) is 8.90. The van der Waals surface area contributed by atoms with Crippen molar-refractivity contribution >= 4 is 5.91 Å². The molecule has 0 saturated carbocycles. The van der Waals surface area contributed by atoms with E-state index in [-0.39, 0.29) is 5.91 Å². The van der Waals surface area contributed by atoms with Crippen molar-refractivity contribution in [1.29, 1.82) is 0 Å². The maximum Gasteiger partial charge on any atom is 0.251 e. The number of amides is 1. The van der Waals surface area contributed by atoms with Crippen LogP contribution < -0.4 is 14.8 Å². The van der Waals surface area contributed by atoms with Crippen molar-refractivity contribution in [2.75, 3.05) is 7.11 Å². The number of carbonyl (C=O) groups is 1. The molecule has 3 aromatic carbocycles. The van der Waals surface area contributed by atoms with Crippen LogP contribution in [0.5, 0.6) is 11.5 Å². The van der Waals surface area contributed by atoms with Crippen molar-refractivity contribution in [3.63, 3.8) is 0 Å². The van der Waals surface area contributed by atoms with Crippen LogP contribution in [0.15, 0.2) is 72.8 Å². The Kier molecular flexibility index (Phi) is 6.10. The Morgan fingerprint density at radius 2 is 1.67 bits per heavy atom. The molecule has 0 atom stereocenters. The van der Waals surface area contributed by atoms with Crippen molar-refractivity contribution in [1.82, 2.24) is 5.32 Å². The minimum Gasteiger partial charge on any atom is -0.496 e. The molecule has 0 aliphatic rings. The molecule has 4 heteroatoms. The van der Waals surface area contributed by atoms with E-state index in [1.54, 1.807) is 19.2 Å². The molecule has 3 rings (SSSR count). The van der Waals surface area contributed by atoms with E-state index >= 15 is 0 Å². The van der Waals surface area contributed by atoms with Crippen LogP contribution in [-0.4, -0.2) is 13.0 Å². The van der Waals surface area contributed by atoms with E-state index < -0.39 is 0 Å². The molecule has 27 heavy (non-hydrogen) atoms. The van der Waals surface area contributed by atoms with E-state index in [2.05, 4.69) is 5.32 Å². The molecule has 0 aromatic heterocycles. The Hall–Kier alpha value is -3.27. The van der Waals surface area contributed by atoms with Gasteiger partial charge in [-0.1, -0.05) is 48.5 Å². The minimum atomic E-state index is -0.126. The van der Waals surface area contributed by atoms with Crippen molar-refractivity contribution < 1.29 is 14.3 Å². The first-order chi connectivity index (χ1) is 13.2. The smallest absolute Gasteiger partial charge is 0.251 e. The summed E-state index contributed by atoms with van der Waals surface area (Å²) >= 11 is 0. The second-order valence-electron chi connectivity index (χ2n) is 6.25. The van der Waals surface area contributed by atoms with Crippen LogP contribution in [0.3, 0.4) is 0 Å². The highest BCUT2D eigenvalue weighted by atomic mass is 16.5. The van der Waals surface area contributed by atoms with E-state index in [0.29, 0.717) is 24.5 Å². The molecule has 0 aliphatic carbocycles. The van der Waals surface area contributed by atoms with E-state index in [0.717, 1.165) is 22.4 Å². The lowest BCUT2D eigenvalue weighted by molar-refractivity contribution is 0.0950. The predicted octanol–water partition coefficient (Wildman–Crippen LogP) is 4.51. The average Bonchev–Trinajstić information content (AvgIpc) is 2.72. The van der Waals surface area contributed by atoms with Gasteiger partial charge in [-0.3, -0.25) is 4.79 Å². The fourth-order valence-corrected chi connectivity index (χ4v) is 2.79. The van der Waals surface area contributed by atoms with Gasteiger partial charge >= 0.3 is 0 Å². The van der Waals surface area contributed by atoms with Gasteiger partial charge in [0, 0.05) is 17.7 Å². The first kappa shape index (κ1) is 18.5. The first-order valence-corrected chi connectivity index (χ1v) is 8.85. The molecule has 0 aliphatic heterocycles. The highest BCUT2D eigenvalue weighted by Crippen LogP contribution is 2.24. The Balaban J connectivity index is 1.70. The molecule has 0 bridgehead atoms. The van der Waals surface area contributed by atoms with Crippen LogP contribution in [0.1, 0.15) is 27.0 Å². The summed E-state index contributed by atoms with van der Waals surface area (Å²) in [5.74, 6) is 1.39. The van der Waals surface area contributed by atoms with Crippen LogP contribution in [-0.2, 0) is 13.2 Å². The first-order valence-electron chi connectivity index (χ1n) is 8.85. The number of hydrogen-bond donors (Lipinski definition) is 1. The topological polar surface area (TPSA) is 47.6 Å². The molecule has 138 valence electrons. The third-order valence-electron chi connectivity index (χ3n) is 4.32. The number of para-hydroxylation sites is 1. The third-order valence-corrected chi connectivity index (χ3v) is 4.32. The summed E-state index contributed by atoms with van der Waals surface area (Å²) in [5, 5.41) is 2.94. The molecule has 0 fully saturated rings.